The smallest absolute Gasteiger partial charge is 0.109 e. The second kappa shape index (κ2) is 2.34. The highest BCUT2D eigenvalue weighted by Gasteiger charge is 1.98. The molecule has 0 N–H and O–H groups in total. The Hall–Kier alpha value is -1.38. The number of aromatic nitrogens is 3. The SMILES string of the molecule is CCn1ncc2n[c]ccc21. The number of rotatable bonds is 1. The molecule has 0 saturated carbocycles. The number of hydrogen-bond acceptors (Lipinski definition) is 2. The lowest BCUT2D eigenvalue weighted by Gasteiger charge is -1.94. The predicted octanol–water partition coefficient (Wildman–Crippen LogP) is 1.25. The number of hydrogen-bond donors (Lipinski definition) is 0. The summed E-state index contributed by atoms with van der Waals surface area (Å²) in [5.41, 5.74) is 1.99. The maximum Gasteiger partial charge on any atom is 0.109 e. The topological polar surface area (TPSA) is 30.7 Å². The lowest BCUT2D eigenvalue weighted by Crippen LogP contribution is -1.94. The monoisotopic (exact) mass is 146 g/mol. The summed E-state index contributed by atoms with van der Waals surface area (Å²) in [6.07, 6.45) is 4.53. The minimum Gasteiger partial charge on any atom is -0.264 e. The summed E-state index contributed by atoms with van der Waals surface area (Å²) in [4.78, 5) is 4.04. The molecule has 11 heavy (non-hydrogen) atoms. The molecule has 1 radical (unpaired) electrons. The lowest BCUT2D eigenvalue weighted by atomic mass is 10.4. The maximum absolute atomic E-state index is 4.15. The van der Waals surface area contributed by atoms with E-state index in [-0.39, 0.29) is 0 Å². The molecule has 0 amide bonds. The number of aryl methyl sites for hydroxylation is 1. The van der Waals surface area contributed by atoms with Crippen LogP contribution in [-0.4, -0.2) is 14.8 Å². The van der Waals surface area contributed by atoms with Crippen LogP contribution in [0, 0.1) is 6.20 Å². The van der Waals surface area contributed by atoms with E-state index >= 15 is 0 Å². The van der Waals surface area contributed by atoms with Crippen LogP contribution in [0.15, 0.2) is 18.3 Å². The van der Waals surface area contributed by atoms with Crippen molar-refractivity contribution in [1.82, 2.24) is 14.8 Å². The highest BCUT2D eigenvalue weighted by molar-refractivity contribution is 5.73. The van der Waals surface area contributed by atoms with Crippen molar-refractivity contribution in [3.8, 4) is 0 Å². The van der Waals surface area contributed by atoms with Crippen molar-refractivity contribution in [3.05, 3.63) is 24.5 Å². The van der Waals surface area contributed by atoms with Crippen molar-refractivity contribution in [3.63, 3.8) is 0 Å². The van der Waals surface area contributed by atoms with Crippen LogP contribution in [0.2, 0.25) is 0 Å². The van der Waals surface area contributed by atoms with E-state index in [4.69, 9.17) is 0 Å². The lowest BCUT2D eigenvalue weighted by molar-refractivity contribution is 0.684. The van der Waals surface area contributed by atoms with Crippen LogP contribution >= 0.6 is 0 Å². The highest BCUT2D eigenvalue weighted by Crippen LogP contribution is 2.08. The van der Waals surface area contributed by atoms with Gasteiger partial charge in [0, 0.05) is 6.54 Å². The minimum atomic E-state index is 0.884. The second-order valence-electron chi connectivity index (χ2n) is 2.31. The van der Waals surface area contributed by atoms with Gasteiger partial charge in [0.05, 0.1) is 17.9 Å². The number of pyridine rings is 1. The predicted molar refractivity (Wildman–Crippen MR) is 42.0 cm³/mol. The Kier molecular flexibility index (Phi) is 1.35. The Morgan fingerprint density at radius 2 is 2.55 bits per heavy atom. The average Bonchev–Trinajstić information content (AvgIpc) is 2.47. The molecule has 0 aliphatic carbocycles. The summed E-state index contributed by atoms with van der Waals surface area (Å²) in [7, 11) is 0. The van der Waals surface area contributed by atoms with Gasteiger partial charge in [-0.3, -0.25) is 4.68 Å². The standard InChI is InChI=1S/C8H8N3/c1-2-11-8-4-3-5-9-7(8)6-10-11/h3-4,6H,2H2,1H3. The van der Waals surface area contributed by atoms with Crippen LogP contribution in [0.1, 0.15) is 6.92 Å². The minimum absolute atomic E-state index is 0.884. The molecule has 0 unspecified atom stereocenters. The fourth-order valence-electron chi connectivity index (χ4n) is 1.12. The van der Waals surface area contributed by atoms with Gasteiger partial charge in [-0.25, -0.2) is 4.98 Å². The van der Waals surface area contributed by atoms with E-state index in [2.05, 4.69) is 23.2 Å². The molecule has 0 aliphatic heterocycles. The van der Waals surface area contributed by atoms with Crippen LogP contribution in [-0.2, 0) is 6.54 Å². The Morgan fingerprint density at radius 3 is 3.36 bits per heavy atom. The molecule has 2 aromatic rings. The van der Waals surface area contributed by atoms with E-state index < -0.39 is 0 Å². The van der Waals surface area contributed by atoms with Crippen LogP contribution < -0.4 is 0 Å². The summed E-state index contributed by atoms with van der Waals surface area (Å²) in [5, 5.41) is 4.15. The van der Waals surface area contributed by atoms with Crippen molar-refractivity contribution in [2.75, 3.05) is 0 Å². The molecular formula is C8H8N3. The van der Waals surface area contributed by atoms with Crippen molar-refractivity contribution in [1.29, 1.82) is 0 Å². The molecule has 0 fully saturated rings. The van der Waals surface area contributed by atoms with Gasteiger partial charge in [0.2, 0.25) is 0 Å². The van der Waals surface area contributed by atoms with Gasteiger partial charge in [-0.1, -0.05) is 0 Å². The van der Waals surface area contributed by atoms with Gasteiger partial charge < -0.3 is 0 Å². The van der Waals surface area contributed by atoms with Crippen LogP contribution in [0.25, 0.3) is 11.0 Å². The molecule has 55 valence electrons. The van der Waals surface area contributed by atoms with Crippen LogP contribution in [0.3, 0.4) is 0 Å². The number of nitrogens with zero attached hydrogens (tertiary/aromatic N) is 3. The first-order chi connectivity index (χ1) is 5.42. The quantitative estimate of drug-likeness (QED) is 0.606. The van der Waals surface area contributed by atoms with E-state index in [1.807, 2.05) is 10.7 Å². The average molecular weight is 146 g/mol. The first-order valence-corrected chi connectivity index (χ1v) is 3.60. The Morgan fingerprint density at radius 1 is 1.64 bits per heavy atom. The summed E-state index contributed by atoms with van der Waals surface area (Å²) < 4.78 is 1.91. The third kappa shape index (κ3) is 0.888. The van der Waals surface area contributed by atoms with Crippen molar-refractivity contribution >= 4 is 11.0 Å². The zero-order valence-electron chi connectivity index (χ0n) is 6.28. The molecule has 0 atom stereocenters. The van der Waals surface area contributed by atoms with E-state index in [1.165, 1.54) is 0 Å². The molecule has 0 bridgehead atoms. The summed E-state index contributed by atoms with van der Waals surface area (Å²) in [5.74, 6) is 0. The molecule has 0 saturated heterocycles. The van der Waals surface area contributed by atoms with E-state index in [0.29, 0.717) is 0 Å². The van der Waals surface area contributed by atoms with Crippen molar-refractivity contribution < 1.29 is 0 Å². The summed E-state index contributed by atoms with van der Waals surface area (Å²) >= 11 is 0. The summed E-state index contributed by atoms with van der Waals surface area (Å²) in [6.45, 7) is 2.94. The van der Waals surface area contributed by atoms with Gasteiger partial charge in [-0.15, -0.1) is 0 Å². The van der Waals surface area contributed by atoms with Crippen molar-refractivity contribution in [2.24, 2.45) is 0 Å². The highest BCUT2D eigenvalue weighted by atomic mass is 15.3. The van der Waals surface area contributed by atoms with Crippen LogP contribution in [0.5, 0.6) is 0 Å². The molecule has 2 rings (SSSR count). The second-order valence-corrected chi connectivity index (χ2v) is 2.31. The Bertz CT molecular complexity index is 364. The molecule has 2 aromatic heterocycles. The normalized spacial score (nSPS) is 10.6. The zero-order chi connectivity index (χ0) is 7.68. The molecule has 0 spiro atoms. The van der Waals surface area contributed by atoms with Gasteiger partial charge in [0.25, 0.3) is 0 Å². The zero-order valence-corrected chi connectivity index (χ0v) is 6.28. The van der Waals surface area contributed by atoms with Crippen LogP contribution in [0.4, 0.5) is 0 Å². The van der Waals surface area contributed by atoms with Gasteiger partial charge in [-0.2, -0.15) is 5.10 Å². The number of fused-ring (bicyclic) bond motifs is 1. The fraction of sp³-hybridized carbons (Fsp3) is 0.250. The molecule has 2 heterocycles. The van der Waals surface area contributed by atoms with Gasteiger partial charge in [-0.05, 0) is 19.1 Å². The van der Waals surface area contributed by atoms with Gasteiger partial charge >= 0.3 is 0 Å². The summed E-state index contributed by atoms with van der Waals surface area (Å²) in [6, 6.07) is 3.77. The molecular weight excluding hydrogens is 138 g/mol. The first kappa shape index (κ1) is 6.34. The van der Waals surface area contributed by atoms with E-state index in [0.717, 1.165) is 17.6 Å². The molecule has 3 heteroatoms. The third-order valence-electron chi connectivity index (χ3n) is 1.66. The molecule has 0 aromatic carbocycles. The van der Waals surface area contributed by atoms with E-state index in [9.17, 15) is 0 Å². The van der Waals surface area contributed by atoms with Crippen molar-refractivity contribution in [2.45, 2.75) is 13.5 Å². The largest absolute Gasteiger partial charge is 0.264 e. The molecule has 3 nitrogen and oxygen atoms in total. The maximum atomic E-state index is 4.15. The van der Waals surface area contributed by atoms with E-state index in [1.54, 1.807) is 12.3 Å². The Balaban J connectivity index is 2.76. The third-order valence-corrected chi connectivity index (χ3v) is 1.66. The van der Waals surface area contributed by atoms with Gasteiger partial charge in [0.15, 0.2) is 0 Å². The first-order valence-electron chi connectivity index (χ1n) is 3.60. The molecule has 0 aliphatic rings. The fourth-order valence-corrected chi connectivity index (χ4v) is 1.12. The Labute approximate surface area is 64.7 Å². The van der Waals surface area contributed by atoms with Gasteiger partial charge in [0.1, 0.15) is 5.52 Å².